The highest BCUT2D eigenvalue weighted by molar-refractivity contribution is 5.88. The van der Waals surface area contributed by atoms with Gasteiger partial charge in [-0.25, -0.2) is 24.5 Å². The topological polar surface area (TPSA) is 206 Å². The quantitative estimate of drug-likeness (QED) is 0.116. The van der Waals surface area contributed by atoms with Crippen molar-refractivity contribution in [2.45, 2.75) is 90.3 Å². The molecule has 4 N–H and O–H groups in total. The van der Waals surface area contributed by atoms with E-state index in [0.717, 1.165) is 63.2 Å². The molecular weight excluding hydrogens is 819 g/mol. The summed E-state index contributed by atoms with van der Waals surface area (Å²) in [6.45, 7) is 9.88. The standard InChI is InChI=1S/C47H57N9O8/c1-26(2)39(53-46(59)61-5)44(57)55-18-7-9-37(55)42-48-23-35(50-42)31-15-17-34-30(21-31)14-16-33(49-34)28-10-12-29(13-11-28)41-36-25-63-19-8-20-64-32-22-38(43(51-36)52-41)56(24-32)45(58)40(27(3)4)54-47(60)62-6/h10-17,21,23,26-27,32,37-40H,7-9,18-20,22,24-25H2,1-6H3,(H,48,50)(H,51,52)(H,53,59)(H,54,60)/t32-,37-,38-,39+,40-/m0/s1. The number of nitrogens with one attached hydrogen (secondary N) is 4. The van der Waals surface area contributed by atoms with Gasteiger partial charge >= 0.3 is 12.2 Å². The van der Waals surface area contributed by atoms with Gasteiger partial charge in [-0.3, -0.25) is 9.59 Å². The summed E-state index contributed by atoms with van der Waals surface area (Å²) in [6.07, 6.45) is 3.20. The molecule has 0 unspecified atom stereocenters. The maximum atomic E-state index is 14.1. The minimum Gasteiger partial charge on any atom is -0.453 e. The molecule has 0 spiro atoms. The highest BCUT2D eigenvalue weighted by Crippen LogP contribution is 2.37. The number of imidazole rings is 2. The summed E-state index contributed by atoms with van der Waals surface area (Å²) in [5, 5.41) is 6.39. The molecule has 3 aromatic heterocycles. The van der Waals surface area contributed by atoms with E-state index in [4.69, 9.17) is 33.9 Å². The number of H-pyrrole nitrogens is 2. The van der Waals surface area contributed by atoms with Crippen molar-refractivity contribution < 1.29 is 38.1 Å². The van der Waals surface area contributed by atoms with Gasteiger partial charge in [-0.2, -0.15) is 0 Å². The molecule has 5 atom stereocenters. The van der Waals surface area contributed by atoms with E-state index in [0.29, 0.717) is 57.4 Å². The van der Waals surface area contributed by atoms with E-state index in [2.05, 4.69) is 32.7 Å². The number of pyridine rings is 1. The van der Waals surface area contributed by atoms with Crippen LogP contribution in [-0.4, -0.2) is 117 Å². The van der Waals surface area contributed by atoms with E-state index in [1.165, 1.54) is 14.2 Å². The van der Waals surface area contributed by atoms with Crippen molar-refractivity contribution >= 4 is 34.9 Å². The lowest BCUT2D eigenvalue weighted by atomic mass is 10.0. The first-order valence-corrected chi connectivity index (χ1v) is 22.1. The van der Waals surface area contributed by atoms with Gasteiger partial charge in [0.1, 0.15) is 23.7 Å². The molecule has 2 fully saturated rings. The number of ether oxygens (including phenoxy) is 4. The van der Waals surface area contributed by atoms with Gasteiger partial charge in [0.05, 0.1) is 73.5 Å². The van der Waals surface area contributed by atoms with Gasteiger partial charge in [0.2, 0.25) is 11.8 Å². The van der Waals surface area contributed by atoms with Crippen LogP contribution < -0.4 is 10.6 Å². The fourth-order valence-corrected chi connectivity index (χ4v) is 8.91. The van der Waals surface area contributed by atoms with Gasteiger partial charge in [-0.1, -0.05) is 64.1 Å². The van der Waals surface area contributed by atoms with E-state index in [1.807, 2.05) is 70.2 Å². The lowest BCUT2D eigenvalue weighted by Crippen LogP contribution is -2.51. The summed E-state index contributed by atoms with van der Waals surface area (Å²) in [4.78, 5) is 77.3. The molecule has 17 heteroatoms. The normalized spacial score (nSPS) is 19.8. The Morgan fingerprint density at radius 2 is 1.45 bits per heavy atom. The van der Waals surface area contributed by atoms with E-state index < -0.39 is 30.3 Å². The number of carbonyl (C=O) groups excluding carboxylic acids is 4. The average Bonchev–Trinajstić information content (AvgIpc) is 4.14. The SMILES string of the molecule is COC(=O)N[C@H](C(=O)N1C[C@@H]2C[C@H]1c1nc(-c3ccc(-c4ccc5cc(-c6cnc([C@@H]7CCCN7C(=O)[C@H](NC(=O)OC)C(C)C)[nH]6)ccc5n4)cc3)c([nH]1)COCCCO2)C(C)C. The number of aromatic nitrogens is 5. The number of nitrogens with zero attached hydrogens (tertiary/aromatic N) is 5. The van der Waals surface area contributed by atoms with Crippen molar-refractivity contribution in [3.8, 4) is 33.8 Å². The number of hydrogen-bond donors (Lipinski definition) is 4. The Kier molecular flexibility index (Phi) is 13.3. The third-order valence-electron chi connectivity index (χ3n) is 12.4. The number of fused-ring (bicyclic) bond motifs is 6. The molecule has 338 valence electrons. The Morgan fingerprint density at radius 1 is 0.766 bits per heavy atom. The zero-order valence-electron chi connectivity index (χ0n) is 37.2. The van der Waals surface area contributed by atoms with Gasteiger partial charge in [0, 0.05) is 54.8 Å². The molecular formula is C47H57N9O8. The fraction of sp³-hybridized carbons (Fsp3) is 0.468. The number of likely N-dealkylation sites (tertiary alicyclic amines) is 2. The fourth-order valence-electron chi connectivity index (χ4n) is 8.91. The molecule has 2 aromatic carbocycles. The number of benzene rings is 2. The van der Waals surface area contributed by atoms with Crippen LogP contribution >= 0.6 is 0 Å². The first-order valence-electron chi connectivity index (χ1n) is 22.1. The van der Waals surface area contributed by atoms with E-state index in [9.17, 15) is 19.2 Å². The monoisotopic (exact) mass is 875 g/mol. The van der Waals surface area contributed by atoms with E-state index >= 15 is 0 Å². The van der Waals surface area contributed by atoms with Crippen LogP contribution in [0.4, 0.5) is 9.59 Å². The summed E-state index contributed by atoms with van der Waals surface area (Å²) >= 11 is 0. The average molecular weight is 876 g/mol. The first kappa shape index (κ1) is 44.3. The van der Waals surface area contributed by atoms with Crippen LogP contribution in [0.2, 0.25) is 0 Å². The molecule has 2 saturated heterocycles. The van der Waals surface area contributed by atoms with Gasteiger partial charge < -0.3 is 49.3 Å². The Bertz CT molecular complexity index is 2480. The third-order valence-corrected chi connectivity index (χ3v) is 12.4. The van der Waals surface area contributed by atoms with E-state index in [1.54, 1.807) is 16.0 Å². The second kappa shape index (κ2) is 19.2. The molecule has 4 bridgehead atoms. The summed E-state index contributed by atoms with van der Waals surface area (Å²) in [5.41, 5.74) is 6.83. The number of carbonyl (C=O) groups is 4. The van der Waals surface area contributed by atoms with E-state index in [-0.39, 0.29) is 35.8 Å². The maximum Gasteiger partial charge on any atom is 0.407 e. The Morgan fingerprint density at radius 3 is 2.16 bits per heavy atom. The van der Waals surface area contributed by atoms with Crippen molar-refractivity contribution in [1.82, 2.24) is 45.4 Å². The molecule has 6 heterocycles. The van der Waals surface area contributed by atoms with Crippen molar-refractivity contribution in [3.05, 3.63) is 78.1 Å². The summed E-state index contributed by atoms with van der Waals surface area (Å²) in [5.74, 6) is 0.688. The lowest BCUT2D eigenvalue weighted by molar-refractivity contribution is -0.136. The number of hydrogen-bond acceptors (Lipinski definition) is 11. The molecule has 3 aliphatic rings. The van der Waals surface area contributed by atoms with Crippen molar-refractivity contribution in [1.29, 1.82) is 0 Å². The minimum absolute atomic E-state index is 0.119. The number of aromatic amines is 2. The number of methoxy groups -OCH3 is 2. The van der Waals surface area contributed by atoms with Crippen LogP contribution in [0.15, 0.2) is 60.8 Å². The maximum absolute atomic E-state index is 14.1. The molecule has 0 saturated carbocycles. The minimum atomic E-state index is -0.777. The van der Waals surface area contributed by atoms with Crippen LogP contribution in [0.3, 0.4) is 0 Å². The van der Waals surface area contributed by atoms with Crippen molar-refractivity contribution in [2.75, 3.05) is 40.5 Å². The Labute approximate surface area is 372 Å². The predicted molar refractivity (Wildman–Crippen MR) is 237 cm³/mol. The van der Waals surface area contributed by atoms with Crippen LogP contribution in [0.1, 0.15) is 82.8 Å². The number of amides is 4. The first-order chi connectivity index (χ1) is 30.9. The molecule has 64 heavy (non-hydrogen) atoms. The lowest BCUT2D eigenvalue weighted by Gasteiger charge is -2.30. The summed E-state index contributed by atoms with van der Waals surface area (Å²) < 4.78 is 21.9. The van der Waals surface area contributed by atoms with Gasteiger partial charge in [-0.05, 0) is 49.3 Å². The highest BCUT2D eigenvalue weighted by atomic mass is 16.5. The molecule has 8 rings (SSSR count). The van der Waals surface area contributed by atoms with Crippen LogP contribution in [0, 0.1) is 11.8 Å². The van der Waals surface area contributed by atoms with Crippen LogP contribution in [0.25, 0.3) is 44.7 Å². The highest BCUT2D eigenvalue weighted by Gasteiger charge is 2.43. The molecule has 0 aliphatic carbocycles. The van der Waals surface area contributed by atoms with Gasteiger partial charge in [0.25, 0.3) is 0 Å². The zero-order chi connectivity index (χ0) is 45.1. The molecule has 5 aromatic rings. The van der Waals surface area contributed by atoms with Crippen molar-refractivity contribution in [3.63, 3.8) is 0 Å². The van der Waals surface area contributed by atoms with Crippen molar-refractivity contribution in [2.24, 2.45) is 11.8 Å². The predicted octanol–water partition coefficient (Wildman–Crippen LogP) is 6.69. The second-order valence-electron chi connectivity index (χ2n) is 17.4. The Balaban J connectivity index is 0.996. The zero-order valence-corrected chi connectivity index (χ0v) is 37.2. The summed E-state index contributed by atoms with van der Waals surface area (Å²) in [7, 11) is 2.57. The summed E-state index contributed by atoms with van der Waals surface area (Å²) in [6, 6.07) is 16.2. The largest absolute Gasteiger partial charge is 0.453 e. The number of rotatable bonds is 10. The molecule has 0 radical (unpaired) electrons. The molecule has 3 aliphatic heterocycles. The molecule has 17 nitrogen and oxygen atoms in total. The van der Waals surface area contributed by atoms with Gasteiger partial charge in [-0.15, -0.1) is 0 Å². The number of alkyl carbamates (subject to hydrolysis) is 2. The Hall–Kier alpha value is -6.33. The van der Waals surface area contributed by atoms with Crippen LogP contribution in [-0.2, 0) is 35.1 Å². The van der Waals surface area contributed by atoms with Crippen LogP contribution in [0.5, 0.6) is 0 Å². The van der Waals surface area contributed by atoms with Gasteiger partial charge in [0.15, 0.2) is 0 Å². The third kappa shape index (κ3) is 9.31. The molecule has 4 amide bonds. The second-order valence-corrected chi connectivity index (χ2v) is 17.4. The smallest absolute Gasteiger partial charge is 0.407 e.